The van der Waals surface area contributed by atoms with Gasteiger partial charge in [0.15, 0.2) is 5.78 Å². The minimum absolute atomic E-state index is 0.0390. The lowest BCUT2D eigenvalue weighted by atomic mass is 10.0. The van der Waals surface area contributed by atoms with Gasteiger partial charge in [-0.15, -0.1) is 0 Å². The van der Waals surface area contributed by atoms with Gasteiger partial charge in [0.05, 0.1) is 11.7 Å². The maximum Gasteiger partial charge on any atom is 0.169 e. The highest BCUT2D eigenvalue weighted by Gasteiger charge is 2.21. The molecule has 0 saturated carbocycles. The summed E-state index contributed by atoms with van der Waals surface area (Å²) in [6.07, 6.45) is 2.38. The molecule has 15 heavy (non-hydrogen) atoms. The summed E-state index contributed by atoms with van der Waals surface area (Å²) >= 11 is 0. The molecule has 1 saturated heterocycles. The molecule has 1 aromatic rings. The average molecular weight is 206 g/mol. The van der Waals surface area contributed by atoms with Crippen LogP contribution in [0.5, 0.6) is 5.75 Å². The number of ether oxygens (including phenoxy) is 1. The Kier molecular flexibility index (Phi) is 3.02. The number of aromatic hydroxyl groups is 1. The fourth-order valence-electron chi connectivity index (χ4n) is 1.83. The Labute approximate surface area is 88.7 Å². The van der Waals surface area contributed by atoms with E-state index in [2.05, 4.69) is 0 Å². The van der Waals surface area contributed by atoms with Crippen LogP contribution in [0.15, 0.2) is 24.3 Å². The number of ketones is 1. The molecule has 80 valence electrons. The van der Waals surface area contributed by atoms with Gasteiger partial charge >= 0.3 is 0 Å². The van der Waals surface area contributed by atoms with Crippen LogP contribution in [0.3, 0.4) is 0 Å². The second kappa shape index (κ2) is 4.45. The summed E-state index contributed by atoms with van der Waals surface area (Å²) in [4.78, 5) is 11.8. The van der Waals surface area contributed by atoms with E-state index in [0.717, 1.165) is 19.4 Å². The number of hydrogen-bond donors (Lipinski definition) is 1. The molecular formula is C12H14O3. The SMILES string of the molecule is O=C(CC1CCCO1)c1ccccc1O. The molecule has 1 N–H and O–H groups in total. The van der Waals surface area contributed by atoms with Gasteiger partial charge in [-0.25, -0.2) is 0 Å². The van der Waals surface area contributed by atoms with Gasteiger partial charge in [0, 0.05) is 13.0 Å². The van der Waals surface area contributed by atoms with E-state index in [-0.39, 0.29) is 17.6 Å². The van der Waals surface area contributed by atoms with Crippen molar-refractivity contribution < 1.29 is 14.6 Å². The van der Waals surface area contributed by atoms with E-state index in [4.69, 9.17) is 4.74 Å². The number of carbonyl (C=O) groups excluding carboxylic acids is 1. The number of phenols is 1. The zero-order valence-electron chi connectivity index (χ0n) is 8.48. The molecule has 0 bridgehead atoms. The molecule has 1 aromatic carbocycles. The molecule has 0 amide bonds. The smallest absolute Gasteiger partial charge is 0.169 e. The maximum absolute atomic E-state index is 11.8. The molecule has 1 fully saturated rings. The van der Waals surface area contributed by atoms with Gasteiger partial charge < -0.3 is 9.84 Å². The molecule has 1 unspecified atom stereocenters. The highest BCUT2D eigenvalue weighted by molar-refractivity contribution is 5.98. The van der Waals surface area contributed by atoms with Gasteiger partial charge in [-0.1, -0.05) is 12.1 Å². The Balaban J connectivity index is 2.04. The molecule has 1 aliphatic rings. The fraction of sp³-hybridized carbons (Fsp3) is 0.417. The first-order valence-electron chi connectivity index (χ1n) is 5.20. The Bertz CT molecular complexity index is 354. The van der Waals surface area contributed by atoms with Crippen molar-refractivity contribution in [2.75, 3.05) is 6.61 Å². The highest BCUT2D eigenvalue weighted by Crippen LogP contribution is 2.22. The van der Waals surface area contributed by atoms with Crippen LogP contribution in [0.1, 0.15) is 29.6 Å². The fourth-order valence-corrected chi connectivity index (χ4v) is 1.83. The topological polar surface area (TPSA) is 46.5 Å². The first kappa shape index (κ1) is 10.2. The Morgan fingerprint density at radius 3 is 2.93 bits per heavy atom. The number of benzene rings is 1. The van der Waals surface area contributed by atoms with Crippen LogP contribution in [0.2, 0.25) is 0 Å². The molecule has 0 radical (unpaired) electrons. The van der Waals surface area contributed by atoms with Crippen LogP contribution < -0.4 is 0 Å². The zero-order valence-corrected chi connectivity index (χ0v) is 8.48. The third-order valence-corrected chi connectivity index (χ3v) is 2.64. The van der Waals surface area contributed by atoms with Gasteiger partial charge in [-0.2, -0.15) is 0 Å². The Morgan fingerprint density at radius 2 is 2.27 bits per heavy atom. The summed E-state index contributed by atoms with van der Waals surface area (Å²) < 4.78 is 5.38. The van der Waals surface area contributed by atoms with Crippen LogP contribution in [-0.2, 0) is 4.74 Å². The first-order chi connectivity index (χ1) is 7.27. The lowest BCUT2D eigenvalue weighted by molar-refractivity contribution is 0.0773. The van der Waals surface area contributed by atoms with Crippen LogP contribution >= 0.6 is 0 Å². The summed E-state index contributed by atoms with van der Waals surface area (Å²) in [5, 5.41) is 9.49. The minimum Gasteiger partial charge on any atom is -0.507 e. The summed E-state index contributed by atoms with van der Waals surface area (Å²) in [6.45, 7) is 0.749. The molecule has 3 heteroatoms. The van der Waals surface area contributed by atoms with Gasteiger partial charge in [0.25, 0.3) is 0 Å². The number of phenolic OH excluding ortho intramolecular Hbond substituents is 1. The zero-order chi connectivity index (χ0) is 10.7. The summed E-state index contributed by atoms with van der Waals surface area (Å²) in [5.74, 6) is 0.0143. The van der Waals surface area contributed by atoms with Crippen molar-refractivity contribution in [3.8, 4) is 5.75 Å². The summed E-state index contributed by atoms with van der Waals surface area (Å²) in [7, 11) is 0. The summed E-state index contributed by atoms with van der Waals surface area (Å²) in [6, 6.07) is 6.63. The lowest BCUT2D eigenvalue weighted by Crippen LogP contribution is -2.12. The number of carbonyl (C=O) groups is 1. The van der Waals surface area contributed by atoms with E-state index in [0.29, 0.717) is 12.0 Å². The number of Topliss-reactive ketones (excluding diaryl/α,β-unsaturated/α-hetero) is 1. The minimum atomic E-state index is -0.0417. The van der Waals surface area contributed by atoms with Crippen molar-refractivity contribution in [3.63, 3.8) is 0 Å². The molecular weight excluding hydrogens is 192 g/mol. The molecule has 3 nitrogen and oxygen atoms in total. The number of hydrogen-bond acceptors (Lipinski definition) is 3. The van der Waals surface area contributed by atoms with Crippen LogP contribution in [0.4, 0.5) is 0 Å². The van der Waals surface area contributed by atoms with E-state index in [1.807, 2.05) is 0 Å². The van der Waals surface area contributed by atoms with Crippen LogP contribution in [-0.4, -0.2) is 23.6 Å². The lowest BCUT2D eigenvalue weighted by Gasteiger charge is -2.08. The van der Waals surface area contributed by atoms with Crippen molar-refractivity contribution in [2.24, 2.45) is 0 Å². The first-order valence-corrected chi connectivity index (χ1v) is 5.20. The van der Waals surface area contributed by atoms with E-state index in [1.165, 1.54) is 6.07 Å². The molecule has 0 spiro atoms. The second-order valence-corrected chi connectivity index (χ2v) is 3.78. The molecule has 1 aliphatic heterocycles. The normalized spacial score (nSPS) is 20.4. The van der Waals surface area contributed by atoms with E-state index in [9.17, 15) is 9.90 Å². The summed E-state index contributed by atoms with van der Waals surface area (Å²) in [5.41, 5.74) is 0.396. The standard InChI is InChI=1S/C12H14O3/c13-11-6-2-1-5-10(11)12(14)8-9-4-3-7-15-9/h1-2,5-6,9,13H,3-4,7-8H2. The predicted molar refractivity (Wildman–Crippen MR) is 56.0 cm³/mol. The Morgan fingerprint density at radius 1 is 1.47 bits per heavy atom. The van der Waals surface area contributed by atoms with Crippen molar-refractivity contribution in [3.05, 3.63) is 29.8 Å². The molecule has 2 rings (SSSR count). The molecule has 1 atom stereocenters. The molecule has 0 aromatic heterocycles. The highest BCUT2D eigenvalue weighted by atomic mass is 16.5. The molecule has 0 aliphatic carbocycles. The van der Waals surface area contributed by atoms with Crippen molar-refractivity contribution in [1.82, 2.24) is 0 Å². The van der Waals surface area contributed by atoms with E-state index >= 15 is 0 Å². The van der Waals surface area contributed by atoms with Crippen molar-refractivity contribution in [2.45, 2.75) is 25.4 Å². The van der Waals surface area contributed by atoms with E-state index in [1.54, 1.807) is 18.2 Å². The van der Waals surface area contributed by atoms with Gasteiger partial charge in [0.1, 0.15) is 5.75 Å². The number of rotatable bonds is 3. The van der Waals surface area contributed by atoms with Gasteiger partial charge in [-0.05, 0) is 25.0 Å². The van der Waals surface area contributed by atoms with Gasteiger partial charge in [0.2, 0.25) is 0 Å². The third-order valence-electron chi connectivity index (χ3n) is 2.64. The molecule has 1 heterocycles. The largest absolute Gasteiger partial charge is 0.507 e. The quantitative estimate of drug-likeness (QED) is 0.771. The van der Waals surface area contributed by atoms with Crippen LogP contribution in [0.25, 0.3) is 0 Å². The Hall–Kier alpha value is -1.35. The van der Waals surface area contributed by atoms with E-state index < -0.39 is 0 Å². The van der Waals surface area contributed by atoms with Gasteiger partial charge in [-0.3, -0.25) is 4.79 Å². The average Bonchev–Trinajstić information content (AvgIpc) is 2.71. The predicted octanol–water partition coefficient (Wildman–Crippen LogP) is 2.14. The second-order valence-electron chi connectivity index (χ2n) is 3.78. The third kappa shape index (κ3) is 2.36. The maximum atomic E-state index is 11.8. The van der Waals surface area contributed by atoms with Crippen molar-refractivity contribution in [1.29, 1.82) is 0 Å². The number of para-hydroxylation sites is 1. The van der Waals surface area contributed by atoms with Crippen molar-refractivity contribution >= 4 is 5.78 Å². The monoisotopic (exact) mass is 206 g/mol. The van der Waals surface area contributed by atoms with Crippen LogP contribution in [0, 0.1) is 0 Å².